The Morgan fingerprint density at radius 2 is 1.74 bits per heavy atom. The standard InChI is InChI=1S/C19H18ClN3O4/c20-13-8-6-12(7-9-13)16-10-15(27-21-16)11-22-17(24)18(25)23(19(22)26)14-4-2-1-3-5-14/h6-10,14H,1-5,11H2. The minimum absolute atomic E-state index is 0.118. The predicted molar refractivity (Wildman–Crippen MR) is 96.6 cm³/mol. The van der Waals surface area contributed by atoms with Crippen LogP contribution >= 0.6 is 11.6 Å². The van der Waals surface area contributed by atoms with Crippen LogP contribution in [0.25, 0.3) is 11.3 Å². The second-order valence-corrected chi connectivity index (χ2v) is 7.26. The second-order valence-electron chi connectivity index (χ2n) is 6.83. The van der Waals surface area contributed by atoms with E-state index >= 15 is 0 Å². The number of nitrogens with zero attached hydrogens (tertiary/aromatic N) is 3. The second kappa shape index (κ2) is 7.15. The molecule has 0 N–H and O–H groups in total. The summed E-state index contributed by atoms with van der Waals surface area (Å²) in [5.74, 6) is -1.22. The van der Waals surface area contributed by atoms with Gasteiger partial charge in [-0.2, -0.15) is 0 Å². The Morgan fingerprint density at radius 3 is 2.44 bits per heavy atom. The minimum atomic E-state index is -0.810. The highest BCUT2D eigenvalue weighted by atomic mass is 35.5. The van der Waals surface area contributed by atoms with Crippen molar-refractivity contribution in [2.24, 2.45) is 0 Å². The van der Waals surface area contributed by atoms with Crippen LogP contribution < -0.4 is 0 Å². The van der Waals surface area contributed by atoms with Gasteiger partial charge >= 0.3 is 17.8 Å². The van der Waals surface area contributed by atoms with Crippen LogP contribution in [0.2, 0.25) is 5.02 Å². The van der Waals surface area contributed by atoms with Crippen molar-refractivity contribution in [2.45, 2.75) is 44.7 Å². The van der Waals surface area contributed by atoms with Crippen LogP contribution in [0.1, 0.15) is 37.9 Å². The van der Waals surface area contributed by atoms with E-state index in [9.17, 15) is 14.4 Å². The number of imide groups is 2. The van der Waals surface area contributed by atoms with Gasteiger partial charge in [0.25, 0.3) is 0 Å². The van der Waals surface area contributed by atoms with Gasteiger partial charge in [-0.05, 0) is 25.0 Å². The molecule has 4 amide bonds. The molecule has 1 aromatic heterocycles. The van der Waals surface area contributed by atoms with Crippen LogP contribution in [0.5, 0.6) is 0 Å². The predicted octanol–water partition coefficient (Wildman–Crippen LogP) is 3.62. The van der Waals surface area contributed by atoms with Crippen LogP contribution in [0.4, 0.5) is 4.79 Å². The number of hydrogen-bond donors (Lipinski definition) is 0. The third kappa shape index (κ3) is 3.35. The van der Waals surface area contributed by atoms with Crippen molar-refractivity contribution in [3.8, 4) is 11.3 Å². The molecule has 8 heteroatoms. The maximum absolute atomic E-state index is 12.7. The molecule has 0 bridgehead atoms. The summed E-state index contributed by atoms with van der Waals surface area (Å²) >= 11 is 5.88. The van der Waals surface area contributed by atoms with E-state index in [2.05, 4.69) is 5.16 Å². The van der Waals surface area contributed by atoms with Crippen LogP contribution in [0.15, 0.2) is 34.9 Å². The Morgan fingerprint density at radius 1 is 1.04 bits per heavy atom. The molecule has 4 rings (SSSR count). The molecule has 2 heterocycles. The van der Waals surface area contributed by atoms with Gasteiger partial charge in [0.15, 0.2) is 5.76 Å². The van der Waals surface area contributed by atoms with Crippen molar-refractivity contribution in [1.82, 2.24) is 15.0 Å². The molecule has 2 aliphatic rings. The van der Waals surface area contributed by atoms with Crippen molar-refractivity contribution < 1.29 is 18.9 Å². The molecule has 1 aliphatic carbocycles. The quantitative estimate of drug-likeness (QED) is 0.591. The third-order valence-electron chi connectivity index (χ3n) is 5.04. The highest BCUT2D eigenvalue weighted by Gasteiger charge is 2.48. The SMILES string of the molecule is O=C1C(=O)N(C2CCCCC2)C(=O)N1Cc1cc(-c2ccc(Cl)cc2)no1. The lowest BCUT2D eigenvalue weighted by molar-refractivity contribution is -0.144. The lowest BCUT2D eigenvalue weighted by Crippen LogP contribution is -2.42. The molecular weight excluding hydrogens is 370 g/mol. The number of hydrogen-bond acceptors (Lipinski definition) is 5. The highest BCUT2D eigenvalue weighted by molar-refractivity contribution is 6.44. The Labute approximate surface area is 160 Å². The van der Waals surface area contributed by atoms with Gasteiger partial charge in [-0.3, -0.25) is 14.5 Å². The smallest absolute Gasteiger partial charge is 0.334 e. The molecule has 0 radical (unpaired) electrons. The van der Waals surface area contributed by atoms with Gasteiger partial charge in [-0.15, -0.1) is 0 Å². The van der Waals surface area contributed by atoms with Gasteiger partial charge in [0.05, 0.1) is 6.54 Å². The van der Waals surface area contributed by atoms with E-state index in [4.69, 9.17) is 16.1 Å². The summed E-state index contributed by atoms with van der Waals surface area (Å²) in [6.07, 6.45) is 4.52. The Bertz CT molecular complexity index is 887. The summed E-state index contributed by atoms with van der Waals surface area (Å²) in [5.41, 5.74) is 1.37. The first kappa shape index (κ1) is 17.7. The van der Waals surface area contributed by atoms with Crippen molar-refractivity contribution in [3.05, 3.63) is 41.1 Å². The number of benzene rings is 1. The number of carbonyl (C=O) groups excluding carboxylic acids is 3. The van der Waals surface area contributed by atoms with E-state index in [0.29, 0.717) is 16.5 Å². The molecule has 1 aliphatic heterocycles. The molecule has 0 unspecified atom stereocenters. The van der Waals surface area contributed by atoms with E-state index < -0.39 is 17.8 Å². The Kier molecular flexibility index (Phi) is 4.70. The molecule has 1 aromatic carbocycles. The van der Waals surface area contributed by atoms with Crippen LogP contribution in [-0.2, 0) is 16.1 Å². The fraction of sp³-hybridized carbons (Fsp3) is 0.368. The van der Waals surface area contributed by atoms with Crippen molar-refractivity contribution >= 4 is 29.4 Å². The Balaban J connectivity index is 1.51. The molecule has 2 aromatic rings. The fourth-order valence-electron chi connectivity index (χ4n) is 3.62. The maximum atomic E-state index is 12.7. The molecule has 27 heavy (non-hydrogen) atoms. The first-order chi connectivity index (χ1) is 13.0. The first-order valence-electron chi connectivity index (χ1n) is 8.95. The zero-order valence-electron chi connectivity index (χ0n) is 14.6. The van der Waals surface area contributed by atoms with Crippen molar-refractivity contribution in [1.29, 1.82) is 0 Å². The van der Waals surface area contributed by atoms with Gasteiger partial charge in [-0.25, -0.2) is 9.69 Å². The largest absolute Gasteiger partial charge is 0.359 e. The van der Waals surface area contributed by atoms with Crippen LogP contribution in [0, 0.1) is 0 Å². The number of urea groups is 1. The summed E-state index contributed by atoms with van der Waals surface area (Å²) < 4.78 is 5.26. The number of aromatic nitrogens is 1. The fourth-order valence-corrected chi connectivity index (χ4v) is 3.75. The normalized spacial score (nSPS) is 18.6. The van der Waals surface area contributed by atoms with Crippen LogP contribution in [-0.4, -0.2) is 38.8 Å². The summed E-state index contributed by atoms with van der Waals surface area (Å²) in [5, 5.41) is 4.58. The molecule has 1 saturated carbocycles. The summed E-state index contributed by atoms with van der Waals surface area (Å²) in [6.45, 7) is -0.118. The Hall–Kier alpha value is -2.67. The van der Waals surface area contributed by atoms with E-state index in [-0.39, 0.29) is 12.6 Å². The van der Waals surface area contributed by atoms with Gasteiger partial charge in [0.1, 0.15) is 5.69 Å². The number of carbonyl (C=O) groups is 3. The number of rotatable bonds is 4. The van der Waals surface area contributed by atoms with E-state index in [1.54, 1.807) is 30.3 Å². The zero-order chi connectivity index (χ0) is 19.0. The summed E-state index contributed by atoms with van der Waals surface area (Å²) in [4.78, 5) is 39.4. The monoisotopic (exact) mass is 387 g/mol. The summed E-state index contributed by atoms with van der Waals surface area (Å²) in [6, 6.07) is 7.96. The zero-order valence-corrected chi connectivity index (χ0v) is 15.3. The molecule has 2 fully saturated rings. The highest BCUT2D eigenvalue weighted by Crippen LogP contribution is 2.28. The molecule has 0 atom stereocenters. The van der Waals surface area contributed by atoms with Gasteiger partial charge in [-0.1, -0.05) is 48.2 Å². The first-order valence-corrected chi connectivity index (χ1v) is 9.33. The third-order valence-corrected chi connectivity index (χ3v) is 5.29. The molecular formula is C19H18ClN3O4. The van der Waals surface area contributed by atoms with Gasteiger partial charge in [0, 0.05) is 22.7 Å². The maximum Gasteiger partial charge on any atom is 0.334 e. The van der Waals surface area contributed by atoms with Crippen molar-refractivity contribution in [2.75, 3.05) is 0 Å². The summed E-state index contributed by atoms with van der Waals surface area (Å²) in [7, 11) is 0. The lowest BCUT2D eigenvalue weighted by Gasteiger charge is -2.28. The van der Waals surface area contributed by atoms with E-state index in [1.165, 1.54) is 0 Å². The molecule has 0 spiro atoms. The molecule has 1 saturated heterocycles. The van der Waals surface area contributed by atoms with E-state index in [0.717, 1.165) is 47.5 Å². The molecule has 7 nitrogen and oxygen atoms in total. The van der Waals surface area contributed by atoms with E-state index in [1.807, 2.05) is 0 Å². The average molecular weight is 388 g/mol. The number of halogens is 1. The number of amides is 4. The molecule has 140 valence electrons. The van der Waals surface area contributed by atoms with Crippen LogP contribution in [0.3, 0.4) is 0 Å². The minimum Gasteiger partial charge on any atom is -0.359 e. The van der Waals surface area contributed by atoms with Crippen molar-refractivity contribution in [3.63, 3.8) is 0 Å². The van der Waals surface area contributed by atoms with Gasteiger partial charge in [0.2, 0.25) is 0 Å². The average Bonchev–Trinajstić information content (AvgIpc) is 3.22. The van der Waals surface area contributed by atoms with Gasteiger partial charge < -0.3 is 4.52 Å². The lowest BCUT2D eigenvalue weighted by atomic mass is 9.94. The topological polar surface area (TPSA) is 83.7 Å².